The molecule has 2 aromatic carbocycles. The summed E-state index contributed by atoms with van der Waals surface area (Å²) >= 11 is 0. The number of aryl methyl sites for hydroxylation is 1. The molecule has 0 heterocycles. The molecule has 0 N–H and O–H groups in total. The van der Waals surface area contributed by atoms with Crippen molar-refractivity contribution in [2.45, 2.75) is 51.7 Å². The topological polar surface area (TPSA) is 9.23 Å². The summed E-state index contributed by atoms with van der Waals surface area (Å²) in [6.45, 7) is 11.6. The van der Waals surface area contributed by atoms with Gasteiger partial charge in [-0.05, 0) is 42.1 Å². The molecule has 0 saturated heterocycles. The third-order valence-corrected chi connectivity index (χ3v) is 9.79. The Bertz CT molecular complexity index is 751. The highest BCUT2D eigenvalue weighted by atomic mass is 28.4. The SMILES string of the molecule is CC(C)(C)[Si](C)(C)OC1=C(c2ccccc2)CCc2ccccc21. The fourth-order valence-corrected chi connectivity index (χ4v) is 3.98. The van der Waals surface area contributed by atoms with Crippen LogP contribution in [0, 0.1) is 0 Å². The highest BCUT2D eigenvalue weighted by Crippen LogP contribution is 2.44. The van der Waals surface area contributed by atoms with E-state index in [0.29, 0.717) is 0 Å². The van der Waals surface area contributed by atoms with Crippen LogP contribution in [-0.4, -0.2) is 8.32 Å². The van der Waals surface area contributed by atoms with Crippen molar-refractivity contribution >= 4 is 19.6 Å². The zero-order valence-corrected chi connectivity index (χ0v) is 16.5. The van der Waals surface area contributed by atoms with Crippen molar-refractivity contribution in [3.8, 4) is 0 Å². The van der Waals surface area contributed by atoms with Crippen LogP contribution in [0.25, 0.3) is 11.3 Å². The second-order valence-corrected chi connectivity index (χ2v) is 12.9. The summed E-state index contributed by atoms with van der Waals surface area (Å²) in [4.78, 5) is 0. The Balaban J connectivity index is 2.15. The zero-order chi connectivity index (χ0) is 17.4. The van der Waals surface area contributed by atoms with Crippen LogP contribution in [-0.2, 0) is 10.8 Å². The minimum Gasteiger partial charge on any atom is -0.543 e. The van der Waals surface area contributed by atoms with Gasteiger partial charge in [0.2, 0.25) is 0 Å². The van der Waals surface area contributed by atoms with E-state index in [1.54, 1.807) is 0 Å². The number of fused-ring (bicyclic) bond motifs is 1. The lowest BCUT2D eigenvalue weighted by atomic mass is 9.87. The summed E-state index contributed by atoms with van der Waals surface area (Å²) in [5, 5.41) is 0.189. The number of allylic oxidation sites excluding steroid dienone is 1. The molecule has 0 aliphatic heterocycles. The molecule has 0 aromatic heterocycles. The van der Waals surface area contributed by atoms with Crippen LogP contribution in [0.2, 0.25) is 18.1 Å². The van der Waals surface area contributed by atoms with E-state index < -0.39 is 8.32 Å². The van der Waals surface area contributed by atoms with E-state index in [9.17, 15) is 0 Å². The van der Waals surface area contributed by atoms with E-state index >= 15 is 0 Å². The van der Waals surface area contributed by atoms with Gasteiger partial charge in [-0.15, -0.1) is 0 Å². The van der Waals surface area contributed by atoms with E-state index in [4.69, 9.17) is 4.43 Å². The third-order valence-electron chi connectivity index (χ3n) is 5.47. The quantitative estimate of drug-likeness (QED) is 0.579. The minimum absolute atomic E-state index is 0.189. The van der Waals surface area contributed by atoms with E-state index in [-0.39, 0.29) is 5.04 Å². The molecule has 0 atom stereocenters. The van der Waals surface area contributed by atoms with Gasteiger partial charge >= 0.3 is 0 Å². The Kier molecular flexibility index (Phi) is 4.44. The third kappa shape index (κ3) is 3.20. The molecular weight excluding hydrogens is 308 g/mol. The van der Waals surface area contributed by atoms with Crippen LogP contribution in [0.15, 0.2) is 54.6 Å². The first kappa shape index (κ1) is 17.0. The van der Waals surface area contributed by atoms with Gasteiger partial charge in [-0.2, -0.15) is 0 Å². The van der Waals surface area contributed by atoms with Crippen molar-refractivity contribution in [2.75, 3.05) is 0 Å². The van der Waals surface area contributed by atoms with Gasteiger partial charge in [0.25, 0.3) is 8.32 Å². The lowest BCUT2D eigenvalue weighted by Crippen LogP contribution is -2.40. The van der Waals surface area contributed by atoms with Crippen molar-refractivity contribution in [3.63, 3.8) is 0 Å². The molecule has 1 aliphatic carbocycles. The van der Waals surface area contributed by atoms with Crippen LogP contribution < -0.4 is 0 Å². The fraction of sp³-hybridized carbons (Fsp3) is 0.364. The van der Waals surface area contributed by atoms with E-state index in [0.717, 1.165) is 18.6 Å². The maximum atomic E-state index is 6.86. The van der Waals surface area contributed by atoms with Crippen molar-refractivity contribution < 1.29 is 4.43 Å². The molecule has 3 rings (SSSR count). The van der Waals surface area contributed by atoms with E-state index in [2.05, 4.69) is 88.5 Å². The lowest BCUT2D eigenvalue weighted by molar-refractivity contribution is 0.456. The molecule has 0 unspecified atom stereocenters. The van der Waals surface area contributed by atoms with Crippen LogP contribution >= 0.6 is 0 Å². The minimum atomic E-state index is -1.89. The maximum absolute atomic E-state index is 6.86. The second-order valence-electron chi connectivity index (χ2n) is 8.19. The molecule has 1 aliphatic rings. The Hall–Kier alpha value is -1.80. The first-order valence-electron chi connectivity index (χ1n) is 8.85. The molecule has 2 heteroatoms. The number of hydrogen-bond donors (Lipinski definition) is 0. The molecule has 0 spiro atoms. The normalized spacial score (nSPS) is 15.2. The van der Waals surface area contributed by atoms with Gasteiger partial charge in [0.1, 0.15) is 5.76 Å². The first-order valence-corrected chi connectivity index (χ1v) is 11.8. The molecule has 0 bridgehead atoms. The summed E-state index contributed by atoms with van der Waals surface area (Å²) in [5.41, 5.74) is 5.35. The molecular formula is C22H28OSi. The van der Waals surface area contributed by atoms with E-state index in [1.165, 1.54) is 22.3 Å². The monoisotopic (exact) mass is 336 g/mol. The largest absolute Gasteiger partial charge is 0.543 e. The Morgan fingerprint density at radius 1 is 0.833 bits per heavy atom. The van der Waals surface area contributed by atoms with Crippen LogP contribution in [0.3, 0.4) is 0 Å². The molecule has 0 amide bonds. The number of rotatable bonds is 3. The summed E-state index contributed by atoms with van der Waals surface area (Å²) in [6, 6.07) is 19.5. The van der Waals surface area contributed by atoms with E-state index in [1.807, 2.05) is 0 Å². The maximum Gasteiger partial charge on any atom is 0.250 e. The predicted octanol–water partition coefficient (Wildman–Crippen LogP) is 6.52. The highest BCUT2D eigenvalue weighted by Gasteiger charge is 2.40. The smallest absolute Gasteiger partial charge is 0.250 e. The predicted molar refractivity (Wildman–Crippen MR) is 106 cm³/mol. The molecule has 24 heavy (non-hydrogen) atoms. The Morgan fingerprint density at radius 2 is 1.46 bits per heavy atom. The molecule has 0 saturated carbocycles. The van der Waals surface area contributed by atoms with Crippen molar-refractivity contribution in [2.24, 2.45) is 0 Å². The average Bonchev–Trinajstić information content (AvgIpc) is 2.55. The van der Waals surface area contributed by atoms with Gasteiger partial charge in [0.15, 0.2) is 0 Å². The fourth-order valence-electron chi connectivity index (χ4n) is 2.94. The van der Waals surface area contributed by atoms with Crippen LogP contribution in [0.5, 0.6) is 0 Å². The average molecular weight is 337 g/mol. The molecule has 0 fully saturated rings. The van der Waals surface area contributed by atoms with Gasteiger partial charge in [0, 0.05) is 11.1 Å². The summed E-state index contributed by atoms with van der Waals surface area (Å²) < 4.78 is 6.86. The van der Waals surface area contributed by atoms with Gasteiger partial charge in [-0.1, -0.05) is 75.4 Å². The summed E-state index contributed by atoms with van der Waals surface area (Å²) in [6.07, 6.45) is 2.13. The van der Waals surface area contributed by atoms with Crippen molar-refractivity contribution in [1.29, 1.82) is 0 Å². The van der Waals surface area contributed by atoms with Crippen LogP contribution in [0.4, 0.5) is 0 Å². The Labute approximate surface area is 147 Å². The van der Waals surface area contributed by atoms with Crippen molar-refractivity contribution in [3.05, 3.63) is 71.3 Å². The molecule has 126 valence electrons. The first-order chi connectivity index (χ1) is 11.3. The number of benzene rings is 2. The zero-order valence-electron chi connectivity index (χ0n) is 15.5. The molecule has 0 radical (unpaired) electrons. The van der Waals surface area contributed by atoms with Crippen LogP contribution in [0.1, 0.15) is 43.9 Å². The van der Waals surface area contributed by atoms with Gasteiger partial charge in [-0.3, -0.25) is 0 Å². The standard InChI is InChI=1S/C22H28OSi/c1-22(2,3)24(4,5)23-21-19-14-10-9-13-18(19)15-16-20(21)17-11-7-6-8-12-17/h6-14H,15-16H2,1-5H3. The number of hydrogen-bond acceptors (Lipinski definition) is 1. The summed E-state index contributed by atoms with van der Waals surface area (Å²) in [7, 11) is -1.89. The molecule has 2 aromatic rings. The Morgan fingerprint density at radius 3 is 2.12 bits per heavy atom. The highest BCUT2D eigenvalue weighted by molar-refractivity contribution is 6.75. The second kappa shape index (κ2) is 6.25. The summed E-state index contributed by atoms with van der Waals surface area (Å²) in [5.74, 6) is 1.12. The molecule has 1 nitrogen and oxygen atoms in total. The van der Waals surface area contributed by atoms with Gasteiger partial charge < -0.3 is 4.43 Å². The van der Waals surface area contributed by atoms with Gasteiger partial charge in [0.05, 0.1) is 0 Å². The lowest BCUT2D eigenvalue weighted by Gasteiger charge is -2.39. The van der Waals surface area contributed by atoms with Crippen molar-refractivity contribution in [1.82, 2.24) is 0 Å². The van der Waals surface area contributed by atoms with Gasteiger partial charge in [-0.25, -0.2) is 0 Å².